The second-order valence-electron chi connectivity index (χ2n) is 5.66. The highest BCUT2D eigenvalue weighted by Gasteiger charge is 2.34. The molecule has 5 nitrogen and oxygen atoms in total. The van der Waals surface area contributed by atoms with E-state index < -0.39 is 5.60 Å². The second-order valence-corrected chi connectivity index (χ2v) is 5.66. The SMILES string of the molecule is CN(C(=O)OC(C)(C)C)[C@@H]1CC[C@H](C(N)=O)C1. The van der Waals surface area contributed by atoms with Gasteiger partial charge in [0.25, 0.3) is 0 Å². The van der Waals surface area contributed by atoms with Crippen molar-refractivity contribution >= 4 is 12.0 Å². The topological polar surface area (TPSA) is 72.6 Å². The van der Waals surface area contributed by atoms with Crippen LogP contribution in [0.15, 0.2) is 0 Å². The molecule has 1 aliphatic rings. The van der Waals surface area contributed by atoms with Crippen molar-refractivity contribution in [1.29, 1.82) is 0 Å². The summed E-state index contributed by atoms with van der Waals surface area (Å²) in [5, 5.41) is 0. The molecule has 2 N–H and O–H groups in total. The number of ether oxygens (including phenoxy) is 1. The predicted octanol–water partition coefficient (Wildman–Crippen LogP) is 1.51. The van der Waals surface area contributed by atoms with Gasteiger partial charge in [-0.2, -0.15) is 0 Å². The first-order valence-corrected chi connectivity index (χ1v) is 5.96. The lowest BCUT2D eigenvalue weighted by Crippen LogP contribution is -2.40. The number of carbonyl (C=O) groups excluding carboxylic acids is 2. The number of primary amides is 1. The average molecular weight is 242 g/mol. The molecule has 0 aliphatic heterocycles. The molecule has 0 bridgehead atoms. The fourth-order valence-electron chi connectivity index (χ4n) is 2.05. The Balaban J connectivity index is 2.52. The summed E-state index contributed by atoms with van der Waals surface area (Å²) in [6.07, 6.45) is 1.87. The minimum atomic E-state index is -0.493. The Morgan fingerprint density at radius 3 is 2.29 bits per heavy atom. The molecule has 2 atom stereocenters. The highest BCUT2D eigenvalue weighted by atomic mass is 16.6. The first-order chi connectivity index (χ1) is 7.70. The van der Waals surface area contributed by atoms with Crippen molar-refractivity contribution in [2.75, 3.05) is 7.05 Å². The largest absolute Gasteiger partial charge is 0.444 e. The monoisotopic (exact) mass is 242 g/mol. The van der Waals surface area contributed by atoms with Crippen molar-refractivity contribution < 1.29 is 14.3 Å². The molecule has 1 rings (SSSR count). The van der Waals surface area contributed by atoms with Gasteiger partial charge in [0.05, 0.1) is 0 Å². The normalized spacial score (nSPS) is 24.5. The molecule has 1 saturated carbocycles. The van der Waals surface area contributed by atoms with Gasteiger partial charge in [-0.25, -0.2) is 4.79 Å². The van der Waals surface area contributed by atoms with Gasteiger partial charge in [-0.15, -0.1) is 0 Å². The molecule has 1 aliphatic carbocycles. The predicted molar refractivity (Wildman–Crippen MR) is 64.3 cm³/mol. The molecule has 5 heteroatoms. The molecule has 0 radical (unpaired) electrons. The number of nitrogens with zero attached hydrogens (tertiary/aromatic N) is 1. The summed E-state index contributed by atoms with van der Waals surface area (Å²) in [4.78, 5) is 24.4. The van der Waals surface area contributed by atoms with Gasteiger partial charge in [-0.05, 0) is 40.0 Å². The van der Waals surface area contributed by atoms with E-state index in [1.54, 1.807) is 11.9 Å². The average Bonchev–Trinajstić information content (AvgIpc) is 2.62. The third kappa shape index (κ3) is 3.91. The number of rotatable bonds is 2. The van der Waals surface area contributed by atoms with Gasteiger partial charge in [-0.3, -0.25) is 4.79 Å². The number of amides is 2. The molecule has 98 valence electrons. The Hall–Kier alpha value is -1.26. The summed E-state index contributed by atoms with van der Waals surface area (Å²) in [5.41, 5.74) is 4.77. The van der Waals surface area contributed by atoms with Crippen molar-refractivity contribution in [1.82, 2.24) is 4.90 Å². The zero-order valence-electron chi connectivity index (χ0n) is 11.0. The molecule has 0 saturated heterocycles. The second kappa shape index (κ2) is 4.94. The fourth-order valence-corrected chi connectivity index (χ4v) is 2.05. The van der Waals surface area contributed by atoms with Gasteiger partial charge in [0.15, 0.2) is 0 Å². The van der Waals surface area contributed by atoms with E-state index in [0.29, 0.717) is 6.42 Å². The molecule has 0 heterocycles. The molecule has 0 aromatic carbocycles. The van der Waals surface area contributed by atoms with E-state index in [1.165, 1.54) is 0 Å². The zero-order chi connectivity index (χ0) is 13.2. The smallest absolute Gasteiger partial charge is 0.410 e. The van der Waals surface area contributed by atoms with Crippen molar-refractivity contribution in [3.05, 3.63) is 0 Å². The van der Waals surface area contributed by atoms with Crippen LogP contribution in [0.2, 0.25) is 0 Å². The van der Waals surface area contributed by atoms with Crippen LogP contribution in [-0.2, 0) is 9.53 Å². The van der Waals surface area contributed by atoms with Crippen LogP contribution in [0.25, 0.3) is 0 Å². The Morgan fingerprint density at radius 1 is 1.29 bits per heavy atom. The van der Waals surface area contributed by atoms with Crippen LogP contribution < -0.4 is 5.73 Å². The van der Waals surface area contributed by atoms with Crippen LogP contribution in [-0.4, -0.2) is 35.6 Å². The van der Waals surface area contributed by atoms with Crippen LogP contribution in [0, 0.1) is 5.92 Å². The van der Waals surface area contributed by atoms with Crippen LogP contribution >= 0.6 is 0 Å². The fraction of sp³-hybridized carbons (Fsp3) is 0.833. The maximum atomic E-state index is 11.8. The number of hydrogen-bond donors (Lipinski definition) is 1. The zero-order valence-corrected chi connectivity index (χ0v) is 11.0. The van der Waals surface area contributed by atoms with Gasteiger partial charge >= 0.3 is 6.09 Å². The van der Waals surface area contributed by atoms with Crippen molar-refractivity contribution in [3.8, 4) is 0 Å². The summed E-state index contributed by atoms with van der Waals surface area (Å²) in [7, 11) is 1.71. The van der Waals surface area contributed by atoms with Crippen molar-refractivity contribution in [2.45, 2.75) is 51.7 Å². The van der Waals surface area contributed by atoms with Gasteiger partial charge < -0.3 is 15.4 Å². The first-order valence-electron chi connectivity index (χ1n) is 5.96. The van der Waals surface area contributed by atoms with E-state index in [-0.39, 0.29) is 24.0 Å². The summed E-state index contributed by atoms with van der Waals surface area (Å²) in [5.74, 6) is -0.380. The Kier molecular flexibility index (Phi) is 4.01. The van der Waals surface area contributed by atoms with E-state index in [4.69, 9.17) is 10.5 Å². The molecule has 0 aromatic rings. The molecule has 0 aromatic heterocycles. The maximum absolute atomic E-state index is 11.8. The number of carbonyl (C=O) groups is 2. The molecular weight excluding hydrogens is 220 g/mol. The Morgan fingerprint density at radius 2 is 1.88 bits per heavy atom. The van der Waals surface area contributed by atoms with E-state index in [9.17, 15) is 9.59 Å². The standard InChI is InChI=1S/C12H22N2O3/c1-12(2,3)17-11(16)14(4)9-6-5-8(7-9)10(13)15/h8-9H,5-7H2,1-4H3,(H2,13,15)/t8-,9+/m0/s1. The molecule has 2 amide bonds. The van der Waals surface area contributed by atoms with Gasteiger partial charge in [0, 0.05) is 19.0 Å². The highest BCUT2D eigenvalue weighted by Crippen LogP contribution is 2.29. The minimum Gasteiger partial charge on any atom is -0.444 e. The van der Waals surface area contributed by atoms with Crippen LogP contribution in [0.3, 0.4) is 0 Å². The van der Waals surface area contributed by atoms with E-state index in [2.05, 4.69) is 0 Å². The Bertz CT molecular complexity index is 309. The van der Waals surface area contributed by atoms with Crippen LogP contribution in [0.4, 0.5) is 4.79 Å². The Labute approximate surface area is 102 Å². The lowest BCUT2D eigenvalue weighted by Gasteiger charge is -2.28. The minimum absolute atomic E-state index is 0.0577. The summed E-state index contributed by atoms with van der Waals surface area (Å²) in [6, 6.07) is 0.0577. The molecule has 17 heavy (non-hydrogen) atoms. The number of nitrogens with two attached hydrogens (primary N) is 1. The highest BCUT2D eigenvalue weighted by molar-refractivity contribution is 5.77. The van der Waals surface area contributed by atoms with Crippen molar-refractivity contribution in [3.63, 3.8) is 0 Å². The van der Waals surface area contributed by atoms with Gasteiger partial charge in [0.1, 0.15) is 5.60 Å². The molecule has 0 spiro atoms. The summed E-state index contributed by atoms with van der Waals surface area (Å²) >= 11 is 0. The quantitative estimate of drug-likeness (QED) is 0.797. The van der Waals surface area contributed by atoms with Gasteiger partial charge in [-0.1, -0.05) is 0 Å². The first kappa shape index (κ1) is 13.8. The van der Waals surface area contributed by atoms with Crippen molar-refractivity contribution in [2.24, 2.45) is 11.7 Å². The summed E-state index contributed by atoms with van der Waals surface area (Å²) < 4.78 is 5.28. The third-order valence-corrected chi connectivity index (χ3v) is 3.04. The third-order valence-electron chi connectivity index (χ3n) is 3.04. The van der Waals surface area contributed by atoms with E-state index in [0.717, 1.165) is 12.8 Å². The lowest BCUT2D eigenvalue weighted by atomic mass is 10.1. The molecular formula is C12H22N2O3. The number of hydrogen-bond acceptors (Lipinski definition) is 3. The lowest BCUT2D eigenvalue weighted by molar-refractivity contribution is -0.121. The summed E-state index contributed by atoms with van der Waals surface area (Å²) in [6.45, 7) is 5.50. The van der Waals surface area contributed by atoms with Gasteiger partial charge in [0.2, 0.25) is 5.91 Å². The van der Waals surface area contributed by atoms with E-state index in [1.807, 2.05) is 20.8 Å². The maximum Gasteiger partial charge on any atom is 0.410 e. The van der Waals surface area contributed by atoms with Crippen LogP contribution in [0.5, 0.6) is 0 Å². The molecule has 0 unspecified atom stereocenters. The molecule has 1 fully saturated rings. The van der Waals surface area contributed by atoms with Crippen LogP contribution in [0.1, 0.15) is 40.0 Å². The van der Waals surface area contributed by atoms with E-state index >= 15 is 0 Å².